The molecule has 2 heterocycles. The van der Waals surface area contributed by atoms with Gasteiger partial charge in [0.05, 0.1) is 50.6 Å². The summed E-state index contributed by atoms with van der Waals surface area (Å²) in [5, 5.41) is 24.7. The highest BCUT2D eigenvalue weighted by Gasteiger charge is 2.20. The van der Waals surface area contributed by atoms with Crippen LogP contribution in [-0.4, -0.2) is 50.5 Å². The molecule has 12 heteroatoms. The predicted octanol–water partition coefficient (Wildman–Crippen LogP) is 1.60. The lowest BCUT2D eigenvalue weighted by Crippen LogP contribution is -2.14. The highest BCUT2D eigenvalue weighted by molar-refractivity contribution is 5.50. The second-order valence-corrected chi connectivity index (χ2v) is 5.98. The van der Waals surface area contributed by atoms with Gasteiger partial charge < -0.3 is 29.7 Å². The van der Waals surface area contributed by atoms with Crippen molar-refractivity contribution in [1.29, 1.82) is 0 Å². The average molecular weight is 423 g/mol. The first-order valence-corrected chi connectivity index (χ1v) is 8.60. The van der Waals surface area contributed by atoms with E-state index in [0.29, 0.717) is 5.69 Å². The second-order valence-electron chi connectivity index (χ2n) is 5.98. The molecular weight excluding hydrogens is 404 g/mol. The summed E-state index contributed by atoms with van der Waals surface area (Å²) in [4.78, 5) is 8.10. The molecule has 0 fully saturated rings. The lowest BCUT2D eigenvalue weighted by molar-refractivity contribution is -0.0534. The molecule has 2 aromatic heterocycles. The van der Waals surface area contributed by atoms with Crippen LogP contribution in [0.15, 0.2) is 30.9 Å². The first-order valence-electron chi connectivity index (χ1n) is 8.60. The van der Waals surface area contributed by atoms with Gasteiger partial charge in [-0.05, 0) is 0 Å². The van der Waals surface area contributed by atoms with Crippen molar-refractivity contribution in [3.63, 3.8) is 0 Å². The third kappa shape index (κ3) is 4.90. The molecule has 10 nitrogen and oxygen atoms in total. The number of ether oxygens (including phenoxy) is 3. The van der Waals surface area contributed by atoms with Gasteiger partial charge >= 0.3 is 0 Å². The zero-order valence-electron chi connectivity index (χ0n) is 16.0. The van der Waals surface area contributed by atoms with E-state index in [9.17, 15) is 8.78 Å². The molecule has 160 valence electrons. The molecule has 0 saturated carbocycles. The van der Waals surface area contributed by atoms with Crippen LogP contribution in [0.4, 0.5) is 20.4 Å². The standard InChI is InChI=1S/C18H19F2N5O5/c1-28-13-3-14(29-2)17(20)12(16(13)19)9-30-11-5-21-18(22-6-11)24-10-4-23-25(7-10)8-15(26)27/h3-7,15,26-27H,8-9H2,1-2H3,(H,21,22,24). The maximum absolute atomic E-state index is 14.4. The molecule has 0 bridgehead atoms. The first-order chi connectivity index (χ1) is 14.4. The van der Waals surface area contributed by atoms with Crippen molar-refractivity contribution in [2.45, 2.75) is 19.4 Å². The van der Waals surface area contributed by atoms with Gasteiger partial charge in [-0.2, -0.15) is 5.10 Å². The van der Waals surface area contributed by atoms with E-state index in [1.54, 1.807) is 0 Å². The van der Waals surface area contributed by atoms with Gasteiger partial charge in [-0.1, -0.05) is 0 Å². The largest absolute Gasteiger partial charge is 0.494 e. The van der Waals surface area contributed by atoms with E-state index in [-0.39, 0.29) is 35.3 Å². The summed E-state index contributed by atoms with van der Waals surface area (Å²) >= 11 is 0. The van der Waals surface area contributed by atoms with Crippen molar-refractivity contribution in [2.75, 3.05) is 19.5 Å². The van der Waals surface area contributed by atoms with Crippen LogP contribution in [0.25, 0.3) is 0 Å². The molecule has 1 aromatic carbocycles. The fourth-order valence-corrected chi connectivity index (χ4v) is 2.50. The molecule has 0 amide bonds. The Kier molecular flexibility index (Phi) is 6.59. The molecule has 0 aliphatic heterocycles. The summed E-state index contributed by atoms with van der Waals surface area (Å²) in [7, 11) is 2.52. The molecule has 0 atom stereocenters. The number of nitrogens with zero attached hydrogens (tertiary/aromatic N) is 4. The van der Waals surface area contributed by atoms with Crippen molar-refractivity contribution >= 4 is 11.6 Å². The maximum Gasteiger partial charge on any atom is 0.227 e. The number of nitrogens with one attached hydrogen (secondary N) is 1. The van der Waals surface area contributed by atoms with Crippen LogP contribution in [-0.2, 0) is 13.2 Å². The molecule has 3 aromatic rings. The topological polar surface area (TPSA) is 124 Å². The number of aliphatic hydroxyl groups is 2. The van der Waals surface area contributed by atoms with E-state index in [1.807, 2.05) is 0 Å². The summed E-state index contributed by atoms with van der Waals surface area (Å²) in [6, 6.07) is 1.11. The SMILES string of the molecule is COc1cc(OC)c(F)c(COc2cnc(Nc3cnn(CC(O)O)c3)nc2)c1F. The number of hydrogen-bond donors (Lipinski definition) is 3. The van der Waals surface area contributed by atoms with Crippen molar-refractivity contribution in [2.24, 2.45) is 0 Å². The smallest absolute Gasteiger partial charge is 0.227 e. The Bertz CT molecular complexity index is 969. The summed E-state index contributed by atoms with van der Waals surface area (Å²) in [5.41, 5.74) is 0.170. The number of halogens is 2. The Morgan fingerprint density at radius 3 is 2.27 bits per heavy atom. The van der Waals surface area contributed by atoms with Gasteiger partial charge in [0.2, 0.25) is 5.95 Å². The Balaban J connectivity index is 1.66. The Labute approximate surface area is 169 Å². The molecular formula is C18H19F2N5O5. The zero-order chi connectivity index (χ0) is 21.7. The third-order valence-electron chi connectivity index (χ3n) is 3.92. The molecule has 3 rings (SSSR count). The number of hydrogen-bond acceptors (Lipinski definition) is 9. The predicted molar refractivity (Wildman–Crippen MR) is 99.6 cm³/mol. The van der Waals surface area contributed by atoms with E-state index >= 15 is 0 Å². The van der Waals surface area contributed by atoms with Crippen LogP contribution in [0, 0.1) is 11.6 Å². The van der Waals surface area contributed by atoms with Gasteiger partial charge in [0.1, 0.15) is 6.61 Å². The number of methoxy groups -OCH3 is 2. The molecule has 0 aliphatic rings. The number of benzene rings is 1. The van der Waals surface area contributed by atoms with E-state index in [4.69, 9.17) is 24.4 Å². The summed E-state index contributed by atoms with van der Waals surface area (Å²) in [6.45, 7) is -0.519. The second kappa shape index (κ2) is 9.33. The molecule has 3 N–H and O–H groups in total. The number of aliphatic hydroxyl groups excluding tert-OH is 1. The fraction of sp³-hybridized carbons (Fsp3) is 0.278. The van der Waals surface area contributed by atoms with Crippen LogP contribution in [0.1, 0.15) is 5.56 Å². The quantitative estimate of drug-likeness (QED) is 0.440. The zero-order valence-corrected chi connectivity index (χ0v) is 16.0. The van der Waals surface area contributed by atoms with E-state index in [0.717, 1.165) is 6.07 Å². The monoisotopic (exact) mass is 423 g/mol. The first kappa shape index (κ1) is 21.2. The normalized spacial score (nSPS) is 10.9. The molecule has 0 unspecified atom stereocenters. The minimum atomic E-state index is -1.52. The fourth-order valence-electron chi connectivity index (χ4n) is 2.50. The van der Waals surface area contributed by atoms with E-state index in [2.05, 4.69) is 20.4 Å². The summed E-state index contributed by atoms with van der Waals surface area (Å²) < 4.78 is 45.2. The molecule has 30 heavy (non-hydrogen) atoms. The van der Waals surface area contributed by atoms with Crippen molar-refractivity contribution in [3.05, 3.63) is 48.1 Å². The highest BCUT2D eigenvalue weighted by Crippen LogP contribution is 2.32. The molecule has 0 aliphatic carbocycles. The molecule has 0 spiro atoms. The van der Waals surface area contributed by atoms with Crippen molar-refractivity contribution in [3.8, 4) is 17.2 Å². The van der Waals surface area contributed by atoms with Crippen LogP contribution in [0.2, 0.25) is 0 Å². The Morgan fingerprint density at radius 2 is 1.70 bits per heavy atom. The Hall–Kier alpha value is -3.51. The van der Waals surface area contributed by atoms with Crippen molar-refractivity contribution in [1.82, 2.24) is 19.7 Å². The van der Waals surface area contributed by atoms with Gasteiger partial charge in [0, 0.05) is 12.3 Å². The average Bonchev–Trinajstić information content (AvgIpc) is 3.15. The lowest BCUT2D eigenvalue weighted by Gasteiger charge is -2.13. The lowest BCUT2D eigenvalue weighted by atomic mass is 10.1. The van der Waals surface area contributed by atoms with Gasteiger partial charge in [-0.15, -0.1) is 0 Å². The van der Waals surface area contributed by atoms with Crippen LogP contribution < -0.4 is 19.5 Å². The number of anilines is 2. The number of aromatic nitrogens is 4. The minimum absolute atomic E-state index is 0.0858. The van der Waals surface area contributed by atoms with Gasteiger partial charge in [-0.25, -0.2) is 18.7 Å². The van der Waals surface area contributed by atoms with Gasteiger partial charge in [0.25, 0.3) is 0 Å². The van der Waals surface area contributed by atoms with E-state index in [1.165, 1.54) is 43.7 Å². The summed E-state index contributed by atoms with van der Waals surface area (Å²) in [6.07, 6.45) is 4.12. The highest BCUT2D eigenvalue weighted by atomic mass is 19.1. The van der Waals surface area contributed by atoms with Gasteiger partial charge in [0.15, 0.2) is 35.2 Å². The van der Waals surface area contributed by atoms with Crippen LogP contribution in [0.5, 0.6) is 17.2 Å². The van der Waals surface area contributed by atoms with Crippen molar-refractivity contribution < 1.29 is 33.2 Å². The Morgan fingerprint density at radius 1 is 1.07 bits per heavy atom. The van der Waals surface area contributed by atoms with Crippen LogP contribution >= 0.6 is 0 Å². The number of rotatable bonds is 9. The third-order valence-corrected chi connectivity index (χ3v) is 3.92. The maximum atomic E-state index is 14.4. The summed E-state index contributed by atoms with van der Waals surface area (Å²) in [5.74, 6) is -1.72. The molecule has 0 radical (unpaired) electrons. The minimum Gasteiger partial charge on any atom is -0.494 e. The van der Waals surface area contributed by atoms with E-state index < -0.39 is 24.5 Å². The van der Waals surface area contributed by atoms with Crippen LogP contribution in [0.3, 0.4) is 0 Å². The molecule has 0 saturated heterocycles. The van der Waals surface area contributed by atoms with Gasteiger partial charge in [-0.3, -0.25) is 4.68 Å².